The first kappa shape index (κ1) is 36.0. The van der Waals surface area contributed by atoms with Crippen LogP contribution in [0.25, 0.3) is 0 Å². The molecule has 2 aromatic rings. The molecule has 0 aliphatic carbocycles. The normalized spacial score (nSPS) is 19.3. The molecule has 3 rings (SSSR count). The molecule has 0 radical (unpaired) electrons. The first-order valence-corrected chi connectivity index (χ1v) is 15.5. The van der Waals surface area contributed by atoms with Crippen LogP contribution in [0, 0.1) is 11.7 Å². The highest BCUT2D eigenvalue weighted by Crippen LogP contribution is 2.18. The number of hydrogen-bond donors (Lipinski definition) is 5. The number of urea groups is 1. The molecular formula is C33H41ClFN5O6. The van der Waals surface area contributed by atoms with Crippen LogP contribution < -0.4 is 26.6 Å². The SMILES string of the molecule is COC(=O)C(NC(=O)N[C@@H](Cc1ccccc1Cl)C(=O)N[C@H]1CCCCNC(=O)/C=C/[C@H](Cc2ccccc2F)NC1=O)C(C)C. The lowest BCUT2D eigenvalue weighted by molar-refractivity contribution is -0.144. The predicted octanol–water partition coefficient (Wildman–Crippen LogP) is 2.96. The monoisotopic (exact) mass is 657 g/mol. The summed E-state index contributed by atoms with van der Waals surface area (Å²) in [6.07, 6.45) is 4.09. The predicted molar refractivity (Wildman–Crippen MR) is 171 cm³/mol. The lowest BCUT2D eigenvalue weighted by atomic mass is 10.0. The fraction of sp³-hybridized carbons (Fsp3) is 0.424. The third-order valence-electron chi connectivity index (χ3n) is 7.47. The molecule has 1 unspecified atom stereocenters. The fourth-order valence-corrected chi connectivity index (χ4v) is 5.11. The number of hydrogen-bond acceptors (Lipinski definition) is 6. The van der Waals surface area contributed by atoms with Gasteiger partial charge in [0.1, 0.15) is 23.9 Å². The van der Waals surface area contributed by atoms with Crippen molar-refractivity contribution >= 4 is 41.3 Å². The molecule has 1 aliphatic heterocycles. The Morgan fingerprint density at radius 2 is 1.72 bits per heavy atom. The fourth-order valence-electron chi connectivity index (χ4n) is 4.90. The van der Waals surface area contributed by atoms with Gasteiger partial charge in [0, 0.05) is 24.1 Å². The summed E-state index contributed by atoms with van der Waals surface area (Å²) in [7, 11) is 1.21. The molecule has 0 aromatic heterocycles. The summed E-state index contributed by atoms with van der Waals surface area (Å²) in [4.78, 5) is 64.9. The molecule has 1 heterocycles. The molecular weight excluding hydrogens is 617 g/mol. The van der Waals surface area contributed by atoms with Crippen LogP contribution in [0.5, 0.6) is 0 Å². The highest BCUT2D eigenvalue weighted by Gasteiger charge is 2.31. The van der Waals surface area contributed by atoms with Gasteiger partial charge in [0.25, 0.3) is 0 Å². The summed E-state index contributed by atoms with van der Waals surface area (Å²) in [6, 6.07) is 8.24. The van der Waals surface area contributed by atoms with Crippen molar-refractivity contribution in [1.29, 1.82) is 0 Å². The van der Waals surface area contributed by atoms with Gasteiger partial charge in [0.2, 0.25) is 17.7 Å². The van der Waals surface area contributed by atoms with Crippen molar-refractivity contribution < 1.29 is 33.1 Å². The summed E-state index contributed by atoms with van der Waals surface area (Å²) in [5.74, 6) is -2.92. The van der Waals surface area contributed by atoms with Crippen molar-refractivity contribution in [3.05, 3.63) is 82.6 Å². The van der Waals surface area contributed by atoms with E-state index in [0.29, 0.717) is 35.5 Å². The molecule has 4 atom stereocenters. The average Bonchev–Trinajstić information content (AvgIpc) is 3.02. The van der Waals surface area contributed by atoms with Gasteiger partial charge in [-0.3, -0.25) is 14.4 Å². The second kappa shape index (κ2) is 17.9. The van der Waals surface area contributed by atoms with Crippen molar-refractivity contribution in [2.45, 2.75) is 70.1 Å². The van der Waals surface area contributed by atoms with Gasteiger partial charge < -0.3 is 31.3 Å². The number of esters is 1. The lowest BCUT2D eigenvalue weighted by Gasteiger charge is -2.26. The zero-order valence-electron chi connectivity index (χ0n) is 26.1. The summed E-state index contributed by atoms with van der Waals surface area (Å²) in [5.41, 5.74) is 0.916. The third-order valence-corrected chi connectivity index (χ3v) is 7.84. The van der Waals surface area contributed by atoms with Crippen LogP contribution in [-0.4, -0.2) is 67.5 Å². The lowest BCUT2D eigenvalue weighted by Crippen LogP contribution is -2.58. The Bertz CT molecular complexity index is 1420. The van der Waals surface area contributed by atoms with E-state index < -0.39 is 53.8 Å². The van der Waals surface area contributed by atoms with Crippen LogP contribution in [0.4, 0.5) is 9.18 Å². The van der Waals surface area contributed by atoms with Crippen molar-refractivity contribution in [2.24, 2.45) is 5.92 Å². The summed E-state index contributed by atoms with van der Waals surface area (Å²) in [6.45, 7) is 3.83. The minimum atomic E-state index is -1.19. The molecule has 248 valence electrons. The molecule has 13 heteroatoms. The maximum Gasteiger partial charge on any atom is 0.328 e. The van der Waals surface area contributed by atoms with Gasteiger partial charge in [-0.1, -0.05) is 67.9 Å². The van der Waals surface area contributed by atoms with Crippen molar-refractivity contribution in [2.75, 3.05) is 13.7 Å². The van der Waals surface area contributed by atoms with E-state index in [1.807, 2.05) is 0 Å². The van der Waals surface area contributed by atoms with Gasteiger partial charge in [-0.05, 0) is 54.9 Å². The number of halogens is 2. The van der Waals surface area contributed by atoms with Crippen LogP contribution in [0.3, 0.4) is 0 Å². The Hall–Kier alpha value is -4.45. The summed E-state index contributed by atoms with van der Waals surface area (Å²) in [5, 5.41) is 13.9. The maximum atomic E-state index is 14.5. The number of rotatable bonds is 10. The summed E-state index contributed by atoms with van der Waals surface area (Å²) < 4.78 is 19.2. The van der Waals surface area contributed by atoms with Gasteiger partial charge in [0.15, 0.2) is 0 Å². The van der Waals surface area contributed by atoms with E-state index in [4.69, 9.17) is 16.3 Å². The molecule has 0 saturated carbocycles. The second-order valence-corrected chi connectivity index (χ2v) is 11.7. The molecule has 5 N–H and O–H groups in total. The number of methoxy groups -OCH3 is 1. The number of nitrogens with one attached hydrogen (secondary N) is 5. The molecule has 46 heavy (non-hydrogen) atoms. The first-order valence-electron chi connectivity index (χ1n) is 15.2. The maximum absolute atomic E-state index is 14.5. The molecule has 2 aromatic carbocycles. The molecule has 0 bridgehead atoms. The number of benzene rings is 2. The minimum Gasteiger partial charge on any atom is -0.467 e. The quantitative estimate of drug-likeness (QED) is 0.248. The molecule has 0 saturated heterocycles. The zero-order chi connectivity index (χ0) is 33.6. The zero-order valence-corrected chi connectivity index (χ0v) is 26.9. The van der Waals surface area contributed by atoms with Gasteiger partial charge in [-0.25, -0.2) is 14.0 Å². The summed E-state index contributed by atoms with van der Waals surface area (Å²) >= 11 is 6.37. The Morgan fingerprint density at radius 3 is 2.39 bits per heavy atom. The van der Waals surface area contributed by atoms with Crippen LogP contribution in [0.1, 0.15) is 44.2 Å². The van der Waals surface area contributed by atoms with Gasteiger partial charge in [0.05, 0.1) is 13.2 Å². The van der Waals surface area contributed by atoms with Crippen LogP contribution in [0.2, 0.25) is 5.02 Å². The van der Waals surface area contributed by atoms with Crippen molar-refractivity contribution in [3.63, 3.8) is 0 Å². The van der Waals surface area contributed by atoms with E-state index in [1.165, 1.54) is 25.3 Å². The smallest absolute Gasteiger partial charge is 0.328 e. The van der Waals surface area contributed by atoms with Gasteiger partial charge in [-0.15, -0.1) is 0 Å². The van der Waals surface area contributed by atoms with E-state index in [2.05, 4.69) is 26.6 Å². The van der Waals surface area contributed by atoms with Crippen molar-refractivity contribution in [3.8, 4) is 0 Å². The first-order chi connectivity index (χ1) is 22.0. The minimum absolute atomic E-state index is 0.0114. The third kappa shape index (κ3) is 11.2. The number of ether oxygens (including phenoxy) is 1. The molecule has 1 aliphatic rings. The highest BCUT2D eigenvalue weighted by atomic mass is 35.5. The standard InChI is InChI=1S/C33H41ClFN5O6/c1-20(2)29(32(44)46-3)40-33(45)39-27(19-21-10-4-6-12-24(21)34)31(43)38-26-14-8-9-17-36-28(41)16-15-23(37-30(26)42)18-22-11-5-7-13-25(22)35/h4-7,10-13,15-16,20,23,26-27,29H,8-9,14,17-19H2,1-3H3,(H,36,41)(H,37,42)(H,38,43)(H2,39,40,45)/b16-15+/t23-,26+,27+,29?/m1/s1. The van der Waals surface area contributed by atoms with Crippen LogP contribution in [-0.2, 0) is 36.8 Å². The van der Waals surface area contributed by atoms with Crippen LogP contribution >= 0.6 is 11.6 Å². The van der Waals surface area contributed by atoms with E-state index >= 15 is 0 Å². The average molecular weight is 658 g/mol. The van der Waals surface area contributed by atoms with E-state index in [1.54, 1.807) is 56.3 Å². The van der Waals surface area contributed by atoms with E-state index in [0.717, 1.165) is 0 Å². The number of amides is 5. The Morgan fingerprint density at radius 1 is 1.02 bits per heavy atom. The highest BCUT2D eigenvalue weighted by molar-refractivity contribution is 6.31. The van der Waals surface area contributed by atoms with Crippen LogP contribution in [0.15, 0.2) is 60.7 Å². The Kier molecular flexibility index (Phi) is 14.0. The van der Waals surface area contributed by atoms with Crippen molar-refractivity contribution in [1.82, 2.24) is 26.6 Å². The van der Waals surface area contributed by atoms with E-state index in [-0.39, 0.29) is 31.1 Å². The molecule has 5 amide bonds. The second-order valence-electron chi connectivity index (χ2n) is 11.3. The molecule has 11 nitrogen and oxygen atoms in total. The Labute approximate surface area is 273 Å². The van der Waals surface area contributed by atoms with E-state index in [9.17, 15) is 28.4 Å². The largest absolute Gasteiger partial charge is 0.467 e. The topological polar surface area (TPSA) is 155 Å². The van der Waals surface area contributed by atoms with Gasteiger partial charge >= 0.3 is 12.0 Å². The Balaban J connectivity index is 1.84. The molecule has 0 fully saturated rings. The molecule has 0 spiro atoms. The van der Waals surface area contributed by atoms with Gasteiger partial charge in [-0.2, -0.15) is 0 Å². The number of carbonyl (C=O) groups excluding carboxylic acids is 5. The number of carbonyl (C=O) groups is 5.